The first-order chi connectivity index (χ1) is 8.63. The van der Waals surface area contributed by atoms with Crippen LogP contribution in [0.2, 0.25) is 0 Å². The maximum atomic E-state index is 11.6. The van der Waals surface area contributed by atoms with Crippen LogP contribution >= 0.6 is 22.6 Å². The monoisotopic (exact) mass is 358 g/mol. The normalized spacial score (nSPS) is 9.61. The van der Waals surface area contributed by atoms with Gasteiger partial charge in [0.1, 0.15) is 5.75 Å². The predicted octanol–water partition coefficient (Wildman–Crippen LogP) is 2.43. The van der Waals surface area contributed by atoms with Crippen molar-refractivity contribution < 1.29 is 9.53 Å². The van der Waals surface area contributed by atoms with Gasteiger partial charge in [-0.1, -0.05) is 6.07 Å². The van der Waals surface area contributed by atoms with Crippen LogP contribution in [0, 0.1) is 14.9 Å². The lowest BCUT2D eigenvalue weighted by atomic mass is 10.3. The fourth-order valence-corrected chi connectivity index (χ4v) is 1.86. The molecule has 5 heteroatoms. The molecule has 0 fully saturated rings. The van der Waals surface area contributed by atoms with Crippen molar-refractivity contribution in [1.82, 2.24) is 4.90 Å². The first-order valence-electron chi connectivity index (χ1n) is 5.63. The number of carbonyl (C=O) groups excluding carboxylic acids is 1. The van der Waals surface area contributed by atoms with Gasteiger partial charge in [-0.3, -0.25) is 4.79 Å². The van der Waals surface area contributed by atoms with Crippen molar-refractivity contribution in [2.75, 3.05) is 20.2 Å². The van der Waals surface area contributed by atoms with Crippen LogP contribution in [-0.4, -0.2) is 31.0 Å². The standard InChI is InChI=1S/C13H15IN2O2/c1-16(8-3-7-15)13(17)6-9-18-12-5-2-4-11(14)10-12/h2,4-5,10H,3,6,8-9H2,1H3. The van der Waals surface area contributed by atoms with E-state index in [0.29, 0.717) is 26.0 Å². The highest BCUT2D eigenvalue weighted by molar-refractivity contribution is 14.1. The molecule has 0 unspecified atom stereocenters. The molecular weight excluding hydrogens is 343 g/mol. The van der Waals surface area contributed by atoms with Gasteiger partial charge in [-0.2, -0.15) is 5.26 Å². The number of nitrogens with zero attached hydrogens (tertiary/aromatic N) is 2. The second-order valence-corrected chi connectivity index (χ2v) is 5.02. The van der Waals surface area contributed by atoms with Gasteiger partial charge >= 0.3 is 0 Å². The summed E-state index contributed by atoms with van der Waals surface area (Å²) in [6.45, 7) is 0.828. The Labute approximate surface area is 121 Å². The van der Waals surface area contributed by atoms with Gasteiger partial charge in [0.2, 0.25) is 5.91 Å². The van der Waals surface area contributed by atoms with Gasteiger partial charge in [-0.15, -0.1) is 0 Å². The number of rotatable bonds is 6. The zero-order valence-corrected chi connectivity index (χ0v) is 12.4. The van der Waals surface area contributed by atoms with Crippen LogP contribution in [0.1, 0.15) is 12.8 Å². The van der Waals surface area contributed by atoms with Crippen molar-refractivity contribution in [3.63, 3.8) is 0 Å². The number of halogens is 1. The topological polar surface area (TPSA) is 53.3 Å². The molecule has 0 N–H and O–H groups in total. The number of ether oxygens (including phenoxy) is 1. The van der Waals surface area contributed by atoms with Crippen molar-refractivity contribution in [3.05, 3.63) is 27.8 Å². The third kappa shape index (κ3) is 5.36. The summed E-state index contributed by atoms with van der Waals surface area (Å²) in [5.41, 5.74) is 0. The number of amides is 1. The molecule has 4 nitrogen and oxygen atoms in total. The maximum absolute atomic E-state index is 11.6. The summed E-state index contributed by atoms with van der Waals surface area (Å²) in [5, 5.41) is 8.43. The fraction of sp³-hybridized carbons (Fsp3) is 0.385. The first-order valence-corrected chi connectivity index (χ1v) is 6.70. The van der Waals surface area contributed by atoms with Crippen LogP contribution < -0.4 is 4.74 Å². The lowest BCUT2D eigenvalue weighted by molar-refractivity contribution is -0.130. The van der Waals surface area contributed by atoms with E-state index >= 15 is 0 Å². The van der Waals surface area contributed by atoms with Crippen LogP contribution in [0.25, 0.3) is 0 Å². The Hall–Kier alpha value is -1.29. The zero-order valence-electron chi connectivity index (χ0n) is 10.2. The molecule has 1 aromatic carbocycles. The average molecular weight is 358 g/mol. The average Bonchev–Trinajstić information content (AvgIpc) is 2.35. The summed E-state index contributed by atoms with van der Waals surface area (Å²) in [7, 11) is 1.70. The Morgan fingerprint density at radius 2 is 2.33 bits per heavy atom. The highest BCUT2D eigenvalue weighted by Crippen LogP contribution is 2.14. The van der Waals surface area contributed by atoms with E-state index in [1.807, 2.05) is 30.3 Å². The van der Waals surface area contributed by atoms with Gasteiger partial charge in [0.25, 0.3) is 0 Å². The molecule has 0 aliphatic carbocycles. The highest BCUT2D eigenvalue weighted by Gasteiger charge is 2.08. The summed E-state index contributed by atoms with van der Waals surface area (Å²) in [4.78, 5) is 13.2. The van der Waals surface area contributed by atoms with E-state index in [4.69, 9.17) is 10.00 Å². The molecule has 0 heterocycles. The fourth-order valence-electron chi connectivity index (χ4n) is 1.35. The molecule has 0 spiro atoms. The molecule has 1 amide bonds. The molecule has 0 aromatic heterocycles. The zero-order chi connectivity index (χ0) is 13.4. The minimum atomic E-state index is -0.00382. The molecular formula is C13H15IN2O2. The molecule has 0 bridgehead atoms. The van der Waals surface area contributed by atoms with E-state index in [-0.39, 0.29) is 5.91 Å². The van der Waals surface area contributed by atoms with Gasteiger partial charge in [0.05, 0.1) is 25.5 Å². The molecule has 0 aliphatic heterocycles. The summed E-state index contributed by atoms with van der Waals surface area (Å²) >= 11 is 2.21. The molecule has 0 atom stereocenters. The lowest BCUT2D eigenvalue weighted by Gasteiger charge is -2.15. The molecule has 1 rings (SSSR count). The van der Waals surface area contributed by atoms with Crippen molar-refractivity contribution in [1.29, 1.82) is 5.26 Å². The van der Waals surface area contributed by atoms with Gasteiger partial charge < -0.3 is 9.64 Å². The van der Waals surface area contributed by atoms with Crippen molar-refractivity contribution in [3.8, 4) is 11.8 Å². The summed E-state index contributed by atoms with van der Waals surface area (Å²) in [6.07, 6.45) is 0.688. The molecule has 0 radical (unpaired) electrons. The Morgan fingerprint density at radius 3 is 3.00 bits per heavy atom. The van der Waals surface area contributed by atoms with Crippen molar-refractivity contribution >= 4 is 28.5 Å². The summed E-state index contributed by atoms with van der Waals surface area (Å²) in [5.74, 6) is 0.769. The highest BCUT2D eigenvalue weighted by atomic mass is 127. The van der Waals surface area contributed by atoms with E-state index in [1.54, 1.807) is 11.9 Å². The largest absolute Gasteiger partial charge is 0.493 e. The molecule has 0 saturated carbocycles. The van der Waals surface area contributed by atoms with Crippen LogP contribution in [0.4, 0.5) is 0 Å². The van der Waals surface area contributed by atoms with Crippen LogP contribution in [0.5, 0.6) is 5.75 Å². The SMILES string of the molecule is CN(CCC#N)C(=O)CCOc1cccc(I)c1. The predicted molar refractivity (Wildman–Crippen MR) is 77.1 cm³/mol. The molecule has 96 valence electrons. The second kappa shape index (κ2) is 7.93. The molecule has 18 heavy (non-hydrogen) atoms. The minimum Gasteiger partial charge on any atom is -0.493 e. The first kappa shape index (κ1) is 14.8. The maximum Gasteiger partial charge on any atom is 0.225 e. The summed E-state index contributed by atoms with van der Waals surface area (Å²) in [6, 6.07) is 9.70. The molecule has 0 aliphatic rings. The Bertz CT molecular complexity index is 443. The van der Waals surface area contributed by atoms with Crippen molar-refractivity contribution in [2.45, 2.75) is 12.8 Å². The smallest absolute Gasteiger partial charge is 0.225 e. The van der Waals surface area contributed by atoms with Crippen molar-refractivity contribution in [2.24, 2.45) is 0 Å². The Balaban J connectivity index is 2.29. The van der Waals surface area contributed by atoms with Gasteiger partial charge in [-0.25, -0.2) is 0 Å². The van der Waals surface area contributed by atoms with Gasteiger partial charge in [-0.05, 0) is 40.8 Å². The van der Waals surface area contributed by atoms with Crippen LogP contribution in [-0.2, 0) is 4.79 Å². The van der Waals surface area contributed by atoms with E-state index in [9.17, 15) is 4.79 Å². The van der Waals surface area contributed by atoms with E-state index in [0.717, 1.165) is 9.32 Å². The van der Waals surface area contributed by atoms with Crippen LogP contribution in [0.15, 0.2) is 24.3 Å². The lowest BCUT2D eigenvalue weighted by Crippen LogP contribution is -2.28. The molecule has 0 saturated heterocycles. The van der Waals surface area contributed by atoms with E-state index in [1.165, 1.54) is 0 Å². The van der Waals surface area contributed by atoms with Crippen LogP contribution in [0.3, 0.4) is 0 Å². The van der Waals surface area contributed by atoms with Gasteiger partial charge in [0, 0.05) is 17.2 Å². The number of carbonyl (C=O) groups is 1. The number of nitriles is 1. The number of hydrogen-bond acceptors (Lipinski definition) is 3. The quantitative estimate of drug-likeness (QED) is 0.734. The van der Waals surface area contributed by atoms with E-state index < -0.39 is 0 Å². The van der Waals surface area contributed by atoms with Gasteiger partial charge in [0.15, 0.2) is 0 Å². The Morgan fingerprint density at radius 1 is 1.56 bits per heavy atom. The number of hydrogen-bond donors (Lipinski definition) is 0. The third-order valence-electron chi connectivity index (χ3n) is 2.37. The minimum absolute atomic E-state index is 0.00382. The number of benzene rings is 1. The molecule has 1 aromatic rings. The van der Waals surface area contributed by atoms with E-state index in [2.05, 4.69) is 22.6 Å². The second-order valence-electron chi connectivity index (χ2n) is 3.78. The Kier molecular flexibility index (Phi) is 6.50. The summed E-state index contributed by atoms with van der Waals surface area (Å²) < 4.78 is 6.59. The third-order valence-corrected chi connectivity index (χ3v) is 3.04.